The van der Waals surface area contributed by atoms with Crippen molar-refractivity contribution in [3.8, 4) is 6.07 Å². The first-order valence-corrected chi connectivity index (χ1v) is 10.4. The van der Waals surface area contributed by atoms with E-state index < -0.39 is 18.1 Å². The van der Waals surface area contributed by atoms with Gasteiger partial charge in [-0.3, -0.25) is 4.79 Å². The van der Waals surface area contributed by atoms with Crippen molar-refractivity contribution in [1.82, 2.24) is 10.6 Å². The van der Waals surface area contributed by atoms with Crippen molar-refractivity contribution in [3.05, 3.63) is 71.3 Å². The third kappa shape index (κ3) is 9.30. The zero-order valence-electron chi connectivity index (χ0n) is 17.8. The quantitative estimate of drug-likeness (QED) is 0.438. The summed E-state index contributed by atoms with van der Waals surface area (Å²) in [4.78, 5) is 35.2. The number of hydrogen-bond acceptors (Lipinski definition) is 5. The number of alkyl carbamates (subject to hydrolysis) is 1. The Kier molecular flexibility index (Phi) is 10.3. The van der Waals surface area contributed by atoms with E-state index in [9.17, 15) is 19.5 Å². The smallest absolute Gasteiger partial charge is 0.407 e. The second-order valence-corrected chi connectivity index (χ2v) is 7.27. The molecule has 0 saturated heterocycles. The van der Waals surface area contributed by atoms with E-state index in [-0.39, 0.29) is 25.4 Å². The molecular formula is C24H27N3O5. The van der Waals surface area contributed by atoms with Crippen LogP contribution in [-0.4, -0.2) is 35.7 Å². The van der Waals surface area contributed by atoms with E-state index in [2.05, 4.69) is 10.6 Å². The monoisotopic (exact) mass is 437 g/mol. The average molecular weight is 437 g/mol. The summed E-state index contributed by atoms with van der Waals surface area (Å²) < 4.78 is 5.12. The summed E-state index contributed by atoms with van der Waals surface area (Å²) in [5, 5.41) is 23.4. The largest absolute Gasteiger partial charge is 0.480 e. The fraction of sp³-hybridized carbons (Fsp3) is 0.333. The molecule has 0 heterocycles. The summed E-state index contributed by atoms with van der Waals surface area (Å²) in [6.45, 7) is 0.645. The zero-order valence-corrected chi connectivity index (χ0v) is 17.8. The Morgan fingerprint density at radius 2 is 1.69 bits per heavy atom. The van der Waals surface area contributed by atoms with Crippen LogP contribution in [0.3, 0.4) is 0 Å². The lowest BCUT2D eigenvalue weighted by molar-refractivity contribution is -0.141. The SMILES string of the molecule is N#Cc1ccc(C[C@H](NC(=O)CCCCCNC(=O)OCc2ccccc2)C(=O)O)cc1. The molecule has 3 N–H and O–H groups in total. The van der Waals surface area contributed by atoms with E-state index in [0.29, 0.717) is 31.4 Å². The van der Waals surface area contributed by atoms with Gasteiger partial charge in [-0.2, -0.15) is 5.26 Å². The zero-order chi connectivity index (χ0) is 23.2. The summed E-state index contributed by atoms with van der Waals surface area (Å²) in [5.74, 6) is -1.44. The highest BCUT2D eigenvalue weighted by Crippen LogP contribution is 2.08. The minimum Gasteiger partial charge on any atom is -0.480 e. The van der Waals surface area contributed by atoms with Crippen molar-refractivity contribution < 1.29 is 24.2 Å². The Balaban J connectivity index is 1.59. The van der Waals surface area contributed by atoms with E-state index in [1.807, 2.05) is 36.4 Å². The fourth-order valence-corrected chi connectivity index (χ4v) is 2.97. The molecule has 32 heavy (non-hydrogen) atoms. The molecule has 0 spiro atoms. The molecule has 0 radical (unpaired) electrons. The standard InChI is InChI=1S/C24H27N3O5/c25-16-19-12-10-18(11-13-19)15-21(23(29)30)27-22(28)9-5-2-6-14-26-24(31)32-17-20-7-3-1-4-8-20/h1,3-4,7-8,10-13,21H,2,5-6,9,14-15,17H2,(H,26,31)(H,27,28)(H,29,30)/t21-/m0/s1. The lowest BCUT2D eigenvalue weighted by atomic mass is 10.0. The van der Waals surface area contributed by atoms with Crippen LogP contribution in [0.2, 0.25) is 0 Å². The van der Waals surface area contributed by atoms with Gasteiger partial charge in [0.25, 0.3) is 0 Å². The molecule has 2 aromatic rings. The number of hydrogen-bond donors (Lipinski definition) is 3. The van der Waals surface area contributed by atoms with Crippen LogP contribution in [0.1, 0.15) is 42.4 Å². The van der Waals surface area contributed by atoms with E-state index in [0.717, 1.165) is 11.1 Å². The molecule has 8 heteroatoms. The summed E-state index contributed by atoms with van der Waals surface area (Å²) in [6, 6.07) is 16.9. The lowest BCUT2D eigenvalue weighted by Crippen LogP contribution is -2.42. The second-order valence-electron chi connectivity index (χ2n) is 7.27. The molecule has 8 nitrogen and oxygen atoms in total. The topological polar surface area (TPSA) is 129 Å². The number of carboxylic acids is 1. The van der Waals surface area contributed by atoms with Gasteiger partial charge in [-0.15, -0.1) is 0 Å². The molecular weight excluding hydrogens is 410 g/mol. The Morgan fingerprint density at radius 1 is 0.969 bits per heavy atom. The van der Waals surface area contributed by atoms with Gasteiger partial charge in [0.05, 0.1) is 11.6 Å². The van der Waals surface area contributed by atoms with Gasteiger partial charge < -0.3 is 20.5 Å². The number of rotatable bonds is 12. The highest BCUT2D eigenvalue weighted by Gasteiger charge is 2.20. The predicted octanol–water partition coefficient (Wildman–Crippen LogP) is 3.16. The van der Waals surface area contributed by atoms with Crippen LogP contribution >= 0.6 is 0 Å². The number of carboxylic acid groups (broad SMARTS) is 1. The lowest BCUT2D eigenvalue weighted by Gasteiger charge is -2.15. The summed E-state index contributed by atoms with van der Waals surface area (Å²) >= 11 is 0. The fourth-order valence-electron chi connectivity index (χ4n) is 2.97. The second kappa shape index (κ2) is 13.4. The van der Waals surface area contributed by atoms with Gasteiger partial charge in [-0.05, 0) is 36.1 Å². The van der Waals surface area contributed by atoms with Gasteiger partial charge in [0.1, 0.15) is 12.6 Å². The van der Waals surface area contributed by atoms with Crippen molar-refractivity contribution in [1.29, 1.82) is 5.26 Å². The molecule has 2 rings (SSSR count). The van der Waals surface area contributed by atoms with Crippen LogP contribution in [0.5, 0.6) is 0 Å². The summed E-state index contributed by atoms with van der Waals surface area (Å²) in [7, 11) is 0. The number of nitrogens with zero attached hydrogens (tertiary/aromatic N) is 1. The summed E-state index contributed by atoms with van der Waals surface area (Å²) in [5.41, 5.74) is 2.12. The molecule has 0 unspecified atom stereocenters. The van der Waals surface area contributed by atoms with E-state index in [4.69, 9.17) is 10.00 Å². The number of benzene rings is 2. The molecule has 2 aromatic carbocycles. The molecule has 0 aliphatic heterocycles. The third-order valence-corrected chi connectivity index (χ3v) is 4.72. The van der Waals surface area contributed by atoms with Gasteiger partial charge in [0.2, 0.25) is 5.91 Å². The van der Waals surface area contributed by atoms with E-state index >= 15 is 0 Å². The predicted molar refractivity (Wildman–Crippen MR) is 118 cm³/mol. The third-order valence-electron chi connectivity index (χ3n) is 4.72. The first-order valence-electron chi connectivity index (χ1n) is 10.4. The van der Waals surface area contributed by atoms with Gasteiger partial charge in [0.15, 0.2) is 0 Å². The van der Waals surface area contributed by atoms with Crippen molar-refractivity contribution in [2.24, 2.45) is 0 Å². The molecule has 2 amide bonds. The maximum Gasteiger partial charge on any atom is 0.407 e. The highest BCUT2D eigenvalue weighted by molar-refractivity contribution is 5.83. The molecule has 0 aliphatic carbocycles. The maximum absolute atomic E-state index is 12.1. The van der Waals surface area contributed by atoms with Crippen LogP contribution in [0.25, 0.3) is 0 Å². The number of carbonyl (C=O) groups is 3. The van der Waals surface area contributed by atoms with Crippen LogP contribution in [0.15, 0.2) is 54.6 Å². The Labute approximate surface area is 187 Å². The Hall–Kier alpha value is -3.86. The minimum atomic E-state index is -1.11. The number of ether oxygens (including phenoxy) is 1. The molecule has 0 saturated carbocycles. The van der Waals surface area contributed by atoms with Crippen molar-refractivity contribution in [2.45, 2.75) is 44.8 Å². The van der Waals surface area contributed by atoms with Crippen molar-refractivity contribution in [3.63, 3.8) is 0 Å². The number of unbranched alkanes of at least 4 members (excludes halogenated alkanes) is 2. The van der Waals surface area contributed by atoms with Gasteiger partial charge in [-0.1, -0.05) is 48.9 Å². The van der Waals surface area contributed by atoms with Crippen LogP contribution in [0, 0.1) is 11.3 Å². The number of carbonyl (C=O) groups excluding carboxylic acids is 2. The molecule has 168 valence electrons. The Morgan fingerprint density at radius 3 is 2.34 bits per heavy atom. The van der Waals surface area contributed by atoms with Crippen molar-refractivity contribution >= 4 is 18.0 Å². The van der Waals surface area contributed by atoms with E-state index in [1.165, 1.54) is 0 Å². The average Bonchev–Trinajstić information content (AvgIpc) is 2.80. The maximum atomic E-state index is 12.1. The molecule has 0 aliphatic rings. The molecule has 1 atom stereocenters. The van der Waals surface area contributed by atoms with Gasteiger partial charge >= 0.3 is 12.1 Å². The minimum absolute atomic E-state index is 0.141. The molecule has 0 bridgehead atoms. The molecule has 0 aromatic heterocycles. The van der Waals surface area contributed by atoms with Crippen LogP contribution in [-0.2, 0) is 27.4 Å². The van der Waals surface area contributed by atoms with Crippen molar-refractivity contribution in [2.75, 3.05) is 6.54 Å². The normalized spacial score (nSPS) is 11.1. The van der Waals surface area contributed by atoms with Crippen LogP contribution < -0.4 is 10.6 Å². The first kappa shape index (κ1) is 24.4. The van der Waals surface area contributed by atoms with E-state index in [1.54, 1.807) is 24.3 Å². The van der Waals surface area contributed by atoms with Gasteiger partial charge in [0, 0.05) is 19.4 Å². The highest BCUT2D eigenvalue weighted by atomic mass is 16.5. The number of aliphatic carboxylic acids is 1. The molecule has 0 fully saturated rings. The number of amides is 2. The van der Waals surface area contributed by atoms with Gasteiger partial charge in [-0.25, -0.2) is 9.59 Å². The first-order chi connectivity index (χ1) is 15.5. The Bertz CT molecular complexity index is 923. The van der Waals surface area contributed by atoms with Crippen LogP contribution in [0.4, 0.5) is 4.79 Å². The number of nitrogens with one attached hydrogen (secondary N) is 2. The summed E-state index contributed by atoms with van der Waals surface area (Å²) in [6.07, 6.45) is 1.83. The number of nitriles is 1.